The summed E-state index contributed by atoms with van der Waals surface area (Å²) >= 11 is 0. The van der Waals surface area contributed by atoms with E-state index in [0.717, 1.165) is 23.3 Å². The van der Waals surface area contributed by atoms with Crippen molar-refractivity contribution in [3.8, 4) is 40.2 Å². The van der Waals surface area contributed by atoms with E-state index in [4.69, 9.17) is 61.6 Å². The third-order valence-corrected chi connectivity index (χ3v) is 15.3. The topological polar surface area (TPSA) is 299 Å². The number of nitrogens with one attached hydrogen (secondary N) is 3. The molecule has 2 saturated heterocycles. The molecule has 0 radical (unpaired) electrons. The van der Waals surface area contributed by atoms with Gasteiger partial charge >= 0.3 is 5.97 Å². The standard InChI is InChI=1S/C65H83N5O21/c1-7-46(44-38-54(81-4)60(83-6)55(39-44)82-5)62(75)69-25-9-8-15-49(69)65(78)91-50(20-17-42-18-21-51(79-2)53(36-42)80-3)43-12-10-13-45(37-43)89-40-57(72)66-23-26-84-28-30-86-32-34-88-35-33-87-31-29-85-27-24-67-58(73)41-90-52-16-11-14-47-59(52)64(77)70(63(47)76)48-19-22-56(71)68-61(48)74/h10-14,16,18,21,36-39,46,48-50H,7-9,15,17,19-20,22-35,40-41H2,1-6H3,(H,66,72)(H,67,73)(H,68,71,74)/t46-,48?,49-,50+/m0/s1. The van der Waals surface area contributed by atoms with E-state index in [1.54, 1.807) is 49.5 Å². The van der Waals surface area contributed by atoms with Gasteiger partial charge in [-0.1, -0.05) is 31.2 Å². The molecule has 3 heterocycles. The van der Waals surface area contributed by atoms with Crippen molar-refractivity contribution < 1.29 is 99.9 Å². The first-order valence-corrected chi connectivity index (χ1v) is 30.4. The Labute approximate surface area is 528 Å². The van der Waals surface area contributed by atoms with Gasteiger partial charge in [-0.2, -0.15) is 0 Å². The van der Waals surface area contributed by atoms with Crippen LogP contribution in [0.4, 0.5) is 0 Å². The van der Waals surface area contributed by atoms with Crippen molar-refractivity contribution in [3.63, 3.8) is 0 Å². The third-order valence-electron chi connectivity index (χ3n) is 15.3. The number of carbonyl (C=O) groups is 8. The molecule has 4 atom stereocenters. The van der Waals surface area contributed by atoms with E-state index in [2.05, 4.69) is 16.0 Å². The number of methoxy groups -OCH3 is 5. The van der Waals surface area contributed by atoms with Crippen LogP contribution in [0, 0.1) is 0 Å². The first-order valence-electron chi connectivity index (χ1n) is 30.4. The molecule has 0 aromatic heterocycles. The van der Waals surface area contributed by atoms with Crippen LogP contribution in [0.1, 0.15) is 101 Å². The number of amides is 7. The zero-order valence-electron chi connectivity index (χ0n) is 52.5. The molecular weight excluding hydrogens is 1190 g/mol. The quantitative estimate of drug-likeness (QED) is 0.0310. The Bertz CT molecular complexity index is 3100. The molecule has 3 aliphatic rings. The molecule has 0 aliphatic carbocycles. The molecule has 494 valence electrons. The summed E-state index contributed by atoms with van der Waals surface area (Å²) in [6.45, 7) is 5.02. The fourth-order valence-electron chi connectivity index (χ4n) is 10.7. The number of benzene rings is 4. The van der Waals surface area contributed by atoms with Crippen LogP contribution in [0.5, 0.6) is 40.2 Å². The largest absolute Gasteiger partial charge is 0.493 e. The molecule has 26 heteroatoms. The van der Waals surface area contributed by atoms with Crippen molar-refractivity contribution in [2.45, 2.75) is 82.4 Å². The van der Waals surface area contributed by atoms with Gasteiger partial charge < -0.3 is 77.1 Å². The lowest BCUT2D eigenvalue weighted by atomic mass is 9.91. The minimum atomic E-state index is -1.12. The Morgan fingerprint density at radius 2 is 1.21 bits per heavy atom. The monoisotopic (exact) mass is 1270 g/mol. The van der Waals surface area contributed by atoms with Gasteiger partial charge in [-0.3, -0.25) is 43.8 Å². The van der Waals surface area contributed by atoms with Crippen LogP contribution in [0.3, 0.4) is 0 Å². The van der Waals surface area contributed by atoms with Gasteiger partial charge in [0.25, 0.3) is 23.6 Å². The van der Waals surface area contributed by atoms with Gasteiger partial charge in [-0.15, -0.1) is 0 Å². The molecular formula is C65H83N5O21. The first kappa shape index (κ1) is 69.9. The number of esters is 1. The number of aryl methyl sites for hydroxylation is 1. The molecule has 4 aromatic carbocycles. The second-order valence-corrected chi connectivity index (χ2v) is 21.2. The highest BCUT2D eigenvalue weighted by Gasteiger charge is 2.46. The maximum Gasteiger partial charge on any atom is 0.329 e. The first-order chi connectivity index (χ1) is 44.2. The fraction of sp³-hybridized carbons (Fsp3) is 0.508. The van der Waals surface area contributed by atoms with Crippen LogP contribution in [0.15, 0.2) is 72.8 Å². The molecule has 0 spiro atoms. The minimum Gasteiger partial charge on any atom is -0.493 e. The van der Waals surface area contributed by atoms with Crippen LogP contribution < -0.4 is 49.1 Å². The van der Waals surface area contributed by atoms with Crippen LogP contribution in [-0.4, -0.2) is 204 Å². The average Bonchev–Trinajstić information content (AvgIpc) is 1.64. The van der Waals surface area contributed by atoms with Crippen LogP contribution in [-0.2, 0) is 63.6 Å². The molecule has 91 heavy (non-hydrogen) atoms. The van der Waals surface area contributed by atoms with E-state index in [-0.39, 0.29) is 81.0 Å². The number of nitrogens with zero attached hydrogens (tertiary/aromatic N) is 2. The molecule has 7 amide bonds. The van der Waals surface area contributed by atoms with Crippen molar-refractivity contribution in [1.29, 1.82) is 0 Å². The van der Waals surface area contributed by atoms with E-state index in [9.17, 15) is 38.4 Å². The number of carbonyl (C=O) groups excluding carboxylic acids is 8. The number of hydrogen-bond donors (Lipinski definition) is 3. The van der Waals surface area contributed by atoms with Crippen LogP contribution in [0.2, 0.25) is 0 Å². The summed E-state index contributed by atoms with van der Waals surface area (Å²) < 4.78 is 73.4. The minimum absolute atomic E-state index is 0.00785. The Morgan fingerprint density at radius 3 is 1.80 bits per heavy atom. The highest BCUT2D eigenvalue weighted by Crippen LogP contribution is 2.42. The van der Waals surface area contributed by atoms with Gasteiger partial charge in [0.05, 0.1) is 119 Å². The number of imide groups is 2. The average molecular weight is 1270 g/mol. The molecule has 0 saturated carbocycles. The molecule has 0 bridgehead atoms. The number of fused-ring (bicyclic) bond motifs is 1. The number of piperidine rings is 2. The highest BCUT2D eigenvalue weighted by molar-refractivity contribution is 6.24. The van der Waals surface area contributed by atoms with Crippen molar-refractivity contribution in [2.24, 2.45) is 0 Å². The summed E-state index contributed by atoms with van der Waals surface area (Å²) in [7, 11) is 7.69. The van der Waals surface area contributed by atoms with Crippen molar-refractivity contribution in [3.05, 3.63) is 101 Å². The number of rotatable bonds is 39. The summed E-state index contributed by atoms with van der Waals surface area (Å²) in [4.78, 5) is 107. The van der Waals surface area contributed by atoms with Crippen molar-refractivity contribution >= 4 is 47.3 Å². The van der Waals surface area contributed by atoms with Crippen molar-refractivity contribution in [2.75, 3.05) is 134 Å². The smallest absolute Gasteiger partial charge is 0.329 e. The van der Waals surface area contributed by atoms with Gasteiger partial charge in [0.2, 0.25) is 23.5 Å². The summed E-state index contributed by atoms with van der Waals surface area (Å²) in [5, 5.41) is 7.59. The predicted octanol–water partition coefficient (Wildman–Crippen LogP) is 4.70. The maximum absolute atomic E-state index is 14.5. The van der Waals surface area contributed by atoms with Gasteiger partial charge in [0.1, 0.15) is 29.7 Å². The molecule has 2 fully saturated rings. The van der Waals surface area contributed by atoms with Crippen molar-refractivity contribution in [1.82, 2.24) is 25.8 Å². The fourth-order valence-corrected chi connectivity index (χ4v) is 10.7. The Balaban J connectivity index is 0.746. The van der Waals surface area contributed by atoms with E-state index in [0.29, 0.717) is 124 Å². The van der Waals surface area contributed by atoms with Crippen LogP contribution >= 0.6 is 0 Å². The zero-order valence-corrected chi connectivity index (χ0v) is 52.5. The molecule has 7 rings (SSSR count). The number of ether oxygens (including phenoxy) is 13. The molecule has 1 unspecified atom stereocenters. The van der Waals surface area contributed by atoms with E-state index in [1.807, 2.05) is 31.2 Å². The molecule has 4 aromatic rings. The van der Waals surface area contributed by atoms with E-state index in [1.165, 1.54) is 39.5 Å². The van der Waals surface area contributed by atoms with Crippen LogP contribution in [0.25, 0.3) is 0 Å². The Hall–Kier alpha value is -8.56. The molecule has 26 nitrogen and oxygen atoms in total. The van der Waals surface area contributed by atoms with Gasteiger partial charge in [-0.25, -0.2) is 4.79 Å². The lowest BCUT2D eigenvalue weighted by molar-refractivity contribution is -0.162. The lowest BCUT2D eigenvalue weighted by Gasteiger charge is -2.37. The van der Waals surface area contributed by atoms with Gasteiger partial charge in [-0.05, 0) is 110 Å². The summed E-state index contributed by atoms with van der Waals surface area (Å²) in [6, 6.07) is 18.7. The second-order valence-electron chi connectivity index (χ2n) is 21.2. The van der Waals surface area contributed by atoms with E-state index >= 15 is 0 Å². The molecule has 3 aliphatic heterocycles. The summed E-state index contributed by atoms with van der Waals surface area (Å²) in [5.41, 5.74) is 2.24. The zero-order chi connectivity index (χ0) is 65.1. The van der Waals surface area contributed by atoms with Gasteiger partial charge in [0.15, 0.2) is 36.2 Å². The van der Waals surface area contributed by atoms with E-state index < -0.39 is 66.2 Å². The highest BCUT2D eigenvalue weighted by atomic mass is 16.6. The second kappa shape index (κ2) is 36.3. The maximum atomic E-state index is 14.5. The molecule has 3 N–H and O–H groups in total. The number of likely N-dealkylation sites (tertiary alicyclic amines) is 1. The number of hydrogen-bond acceptors (Lipinski definition) is 21. The Kier molecular flexibility index (Phi) is 27.9. The summed E-state index contributed by atoms with van der Waals surface area (Å²) in [6.07, 6.45) is 2.46. The lowest BCUT2D eigenvalue weighted by Crippen LogP contribution is -2.54. The SMILES string of the molecule is CC[C@H](C(=O)N1CCCC[C@H]1C(=O)O[C@H](CCc1ccc(OC)c(OC)c1)c1cccc(OCC(=O)NCCOCCOCCOCCOCCOCCNC(=O)COc2cccc3c2C(=O)N(C2CCC(=O)NC2=O)C3=O)c1)c1cc(OC)c(OC)c(OC)c1. The predicted molar refractivity (Wildman–Crippen MR) is 326 cm³/mol. The van der Waals surface area contributed by atoms with Gasteiger partial charge in [0, 0.05) is 26.1 Å². The Morgan fingerprint density at radius 1 is 0.604 bits per heavy atom. The summed E-state index contributed by atoms with van der Waals surface area (Å²) in [5.74, 6) is -1.97. The normalized spacial score (nSPS) is 16.1. The third kappa shape index (κ3) is 19.7.